The first-order valence-electron chi connectivity index (χ1n) is 5.66. The lowest BCUT2D eigenvalue weighted by Crippen LogP contribution is -2.38. The van der Waals surface area contributed by atoms with Crippen LogP contribution in [0.4, 0.5) is 0 Å². The Labute approximate surface area is 112 Å². The number of hydrogen-bond acceptors (Lipinski definition) is 4. The van der Waals surface area contributed by atoms with Crippen LogP contribution in [0.3, 0.4) is 0 Å². The van der Waals surface area contributed by atoms with E-state index >= 15 is 0 Å². The molecule has 1 amide bonds. The molecule has 0 atom stereocenters. The molecule has 19 heavy (non-hydrogen) atoms. The van der Waals surface area contributed by atoms with Gasteiger partial charge in [0.25, 0.3) is 0 Å². The van der Waals surface area contributed by atoms with Crippen LogP contribution in [0.25, 0.3) is 0 Å². The number of carbonyl (C=O) groups excluding carboxylic acids is 1. The fourth-order valence-electron chi connectivity index (χ4n) is 1.56. The van der Waals surface area contributed by atoms with E-state index < -0.39 is 15.9 Å². The van der Waals surface area contributed by atoms with Gasteiger partial charge in [0.15, 0.2) is 0 Å². The summed E-state index contributed by atoms with van der Waals surface area (Å²) >= 11 is 0. The van der Waals surface area contributed by atoms with Crippen LogP contribution < -0.4 is 5.73 Å². The highest BCUT2D eigenvalue weighted by Crippen LogP contribution is 2.16. The zero-order valence-electron chi connectivity index (χ0n) is 10.5. The largest absolute Gasteiger partial charge is 0.369 e. The number of likely N-dealkylation sites (N-methyl/N-ethyl adjacent to an activating group) is 1. The number of carbonyl (C=O) groups is 1. The van der Waals surface area contributed by atoms with Gasteiger partial charge in [-0.2, -0.15) is 9.57 Å². The molecule has 0 aliphatic heterocycles. The predicted octanol–water partition coefficient (Wildman–Crippen LogP) is 0.249. The maximum atomic E-state index is 12.2. The topological polar surface area (TPSA) is 104 Å². The van der Waals surface area contributed by atoms with Gasteiger partial charge in [0, 0.05) is 6.54 Å². The minimum Gasteiger partial charge on any atom is -0.369 e. The van der Waals surface area contributed by atoms with Crippen molar-refractivity contribution in [3.63, 3.8) is 0 Å². The van der Waals surface area contributed by atoms with Gasteiger partial charge >= 0.3 is 0 Å². The Morgan fingerprint density at radius 1 is 1.37 bits per heavy atom. The number of amides is 1. The van der Waals surface area contributed by atoms with Crippen molar-refractivity contribution in [2.75, 3.05) is 13.1 Å². The summed E-state index contributed by atoms with van der Waals surface area (Å²) in [7, 11) is -3.73. The van der Waals surface area contributed by atoms with Crippen LogP contribution in [-0.2, 0) is 21.2 Å². The molecule has 0 saturated heterocycles. The smallest absolute Gasteiger partial charge is 0.243 e. The van der Waals surface area contributed by atoms with E-state index in [4.69, 9.17) is 11.0 Å². The molecule has 0 radical (unpaired) electrons. The zero-order valence-corrected chi connectivity index (χ0v) is 11.4. The Hall–Kier alpha value is -1.91. The second-order valence-electron chi connectivity index (χ2n) is 3.88. The van der Waals surface area contributed by atoms with Crippen molar-refractivity contribution in [3.05, 3.63) is 29.8 Å². The van der Waals surface area contributed by atoms with Crippen LogP contribution in [0.15, 0.2) is 29.2 Å². The summed E-state index contributed by atoms with van der Waals surface area (Å²) in [6.45, 7) is 1.44. The third kappa shape index (κ3) is 3.77. The first-order valence-corrected chi connectivity index (χ1v) is 7.10. The zero-order chi connectivity index (χ0) is 14.5. The third-order valence-corrected chi connectivity index (χ3v) is 4.46. The van der Waals surface area contributed by atoms with E-state index in [9.17, 15) is 13.2 Å². The molecule has 0 spiro atoms. The lowest BCUT2D eigenvalue weighted by molar-refractivity contribution is -0.118. The fraction of sp³-hybridized carbons (Fsp3) is 0.333. The summed E-state index contributed by atoms with van der Waals surface area (Å²) in [5, 5.41) is 8.55. The SMILES string of the molecule is CCN(CC(N)=O)S(=O)(=O)c1ccc(CC#N)cc1. The highest BCUT2D eigenvalue weighted by atomic mass is 32.2. The summed E-state index contributed by atoms with van der Waals surface area (Å²) in [4.78, 5) is 10.9. The van der Waals surface area contributed by atoms with Gasteiger partial charge in [0.1, 0.15) is 0 Å². The van der Waals surface area contributed by atoms with E-state index in [1.165, 1.54) is 12.1 Å². The van der Waals surface area contributed by atoms with Crippen LogP contribution in [0.1, 0.15) is 12.5 Å². The van der Waals surface area contributed by atoms with Crippen LogP contribution in [-0.4, -0.2) is 31.7 Å². The Bertz CT molecular complexity index is 588. The van der Waals surface area contributed by atoms with E-state index in [0.717, 1.165) is 9.87 Å². The van der Waals surface area contributed by atoms with Crippen molar-refractivity contribution in [3.8, 4) is 6.07 Å². The van der Waals surface area contributed by atoms with E-state index in [0.29, 0.717) is 0 Å². The molecule has 0 saturated carbocycles. The summed E-state index contributed by atoms with van der Waals surface area (Å²) in [5.41, 5.74) is 5.76. The highest BCUT2D eigenvalue weighted by Gasteiger charge is 2.24. The summed E-state index contributed by atoms with van der Waals surface area (Å²) in [6, 6.07) is 7.98. The Morgan fingerprint density at radius 3 is 2.37 bits per heavy atom. The number of rotatable bonds is 6. The van der Waals surface area contributed by atoms with Gasteiger partial charge < -0.3 is 5.73 Å². The number of sulfonamides is 1. The molecule has 0 aromatic heterocycles. The average molecular weight is 281 g/mol. The van der Waals surface area contributed by atoms with Crippen LogP contribution in [0.2, 0.25) is 0 Å². The van der Waals surface area contributed by atoms with E-state index in [2.05, 4.69) is 0 Å². The van der Waals surface area contributed by atoms with Crippen LogP contribution in [0, 0.1) is 11.3 Å². The fourth-order valence-corrected chi connectivity index (χ4v) is 2.98. The van der Waals surface area contributed by atoms with Crippen molar-refractivity contribution in [2.45, 2.75) is 18.2 Å². The molecule has 7 heteroatoms. The number of nitriles is 1. The molecule has 0 bridgehead atoms. The van der Waals surface area contributed by atoms with Gasteiger partial charge in [0.2, 0.25) is 15.9 Å². The van der Waals surface area contributed by atoms with E-state index in [1.807, 2.05) is 6.07 Å². The van der Waals surface area contributed by atoms with Gasteiger partial charge in [-0.1, -0.05) is 19.1 Å². The van der Waals surface area contributed by atoms with Crippen molar-refractivity contribution >= 4 is 15.9 Å². The molecule has 1 rings (SSSR count). The standard InChI is InChI=1S/C12H15N3O3S/c1-2-15(9-12(14)16)19(17,18)11-5-3-10(4-6-11)7-8-13/h3-6H,2,7,9H2,1H3,(H2,14,16). The average Bonchev–Trinajstić information content (AvgIpc) is 2.36. The quantitative estimate of drug-likeness (QED) is 0.806. The third-order valence-electron chi connectivity index (χ3n) is 2.53. The molecular formula is C12H15N3O3S. The first-order chi connectivity index (χ1) is 8.91. The second-order valence-corrected chi connectivity index (χ2v) is 5.81. The molecule has 102 valence electrons. The summed E-state index contributed by atoms with van der Waals surface area (Å²) in [5.74, 6) is -0.702. The molecule has 2 N–H and O–H groups in total. The first kappa shape index (κ1) is 15.1. The van der Waals surface area contributed by atoms with E-state index in [1.54, 1.807) is 19.1 Å². The predicted molar refractivity (Wildman–Crippen MR) is 69.4 cm³/mol. The highest BCUT2D eigenvalue weighted by molar-refractivity contribution is 7.89. The summed E-state index contributed by atoms with van der Waals surface area (Å²) < 4.78 is 25.5. The Kier molecular flexibility index (Phi) is 5.03. The minimum absolute atomic E-state index is 0.0808. The molecule has 0 unspecified atom stereocenters. The van der Waals surface area contributed by atoms with Crippen molar-refractivity contribution in [1.82, 2.24) is 4.31 Å². The van der Waals surface area contributed by atoms with Gasteiger partial charge in [-0.05, 0) is 17.7 Å². The van der Waals surface area contributed by atoms with Gasteiger partial charge in [-0.15, -0.1) is 0 Å². The Morgan fingerprint density at radius 2 is 1.95 bits per heavy atom. The lowest BCUT2D eigenvalue weighted by Gasteiger charge is -2.18. The second kappa shape index (κ2) is 6.31. The number of nitrogens with two attached hydrogens (primary N) is 1. The normalized spacial score (nSPS) is 11.2. The molecule has 1 aromatic carbocycles. The number of hydrogen-bond donors (Lipinski definition) is 1. The molecule has 0 fully saturated rings. The minimum atomic E-state index is -3.73. The lowest BCUT2D eigenvalue weighted by atomic mass is 10.2. The molecular weight excluding hydrogens is 266 g/mol. The molecule has 0 aliphatic carbocycles. The van der Waals surface area contributed by atoms with Gasteiger partial charge in [-0.25, -0.2) is 8.42 Å². The number of benzene rings is 1. The maximum Gasteiger partial charge on any atom is 0.243 e. The number of nitrogens with zero attached hydrogens (tertiary/aromatic N) is 2. The monoisotopic (exact) mass is 281 g/mol. The molecule has 1 aromatic rings. The Balaban J connectivity index is 3.05. The van der Waals surface area contributed by atoms with Crippen molar-refractivity contribution in [1.29, 1.82) is 5.26 Å². The molecule has 6 nitrogen and oxygen atoms in total. The van der Waals surface area contributed by atoms with Crippen molar-refractivity contribution in [2.24, 2.45) is 5.73 Å². The number of primary amides is 1. The molecule has 0 aliphatic rings. The maximum absolute atomic E-state index is 12.2. The van der Waals surface area contributed by atoms with Crippen LogP contribution >= 0.6 is 0 Å². The van der Waals surface area contributed by atoms with Gasteiger partial charge in [0.05, 0.1) is 23.9 Å². The van der Waals surface area contributed by atoms with Crippen LogP contribution in [0.5, 0.6) is 0 Å². The molecule has 0 heterocycles. The van der Waals surface area contributed by atoms with Gasteiger partial charge in [-0.3, -0.25) is 4.79 Å². The van der Waals surface area contributed by atoms with E-state index in [-0.39, 0.29) is 24.4 Å². The summed E-state index contributed by atoms with van der Waals surface area (Å²) in [6.07, 6.45) is 0.221. The van der Waals surface area contributed by atoms with Crippen molar-refractivity contribution < 1.29 is 13.2 Å².